The van der Waals surface area contributed by atoms with Crippen molar-refractivity contribution in [3.63, 3.8) is 0 Å². The molecule has 0 aliphatic rings. The van der Waals surface area contributed by atoms with E-state index in [0.29, 0.717) is 20.2 Å². The van der Waals surface area contributed by atoms with E-state index in [-0.39, 0.29) is 10.6 Å². The van der Waals surface area contributed by atoms with E-state index in [0.717, 1.165) is 0 Å². The third-order valence-corrected chi connectivity index (χ3v) is 5.05. The van der Waals surface area contributed by atoms with Crippen LogP contribution < -0.4 is 10.5 Å². The van der Waals surface area contributed by atoms with E-state index in [1.54, 1.807) is 18.2 Å². The minimum atomic E-state index is -3.75. The highest BCUT2D eigenvalue weighted by atomic mass is 79.9. The SMILES string of the molecule is Nc1cc(S(=O)(=O)Nc2ccc(Cl)cc2Br)ccc1Cl. The van der Waals surface area contributed by atoms with E-state index in [1.807, 2.05) is 0 Å². The molecule has 0 aliphatic heterocycles. The van der Waals surface area contributed by atoms with Crippen LogP contribution in [-0.4, -0.2) is 8.42 Å². The monoisotopic (exact) mass is 394 g/mol. The third kappa shape index (κ3) is 3.38. The Morgan fingerprint density at radius 2 is 1.80 bits per heavy atom. The third-order valence-electron chi connectivity index (χ3n) is 2.45. The van der Waals surface area contributed by atoms with Crippen molar-refractivity contribution >= 4 is 60.5 Å². The lowest BCUT2D eigenvalue weighted by Gasteiger charge is -2.11. The zero-order chi connectivity index (χ0) is 14.9. The summed E-state index contributed by atoms with van der Waals surface area (Å²) < 4.78 is 27.5. The molecule has 2 aromatic rings. The summed E-state index contributed by atoms with van der Waals surface area (Å²) in [7, 11) is -3.75. The second-order valence-electron chi connectivity index (χ2n) is 3.91. The lowest BCUT2D eigenvalue weighted by Crippen LogP contribution is -2.13. The van der Waals surface area contributed by atoms with E-state index < -0.39 is 10.0 Å². The number of nitrogens with two attached hydrogens (primary N) is 1. The minimum Gasteiger partial charge on any atom is -0.397 e. The maximum atomic E-state index is 12.2. The summed E-state index contributed by atoms with van der Waals surface area (Å²) in [6, 6.07) is 8.85. The largest absolute Gasteiger partial charge is 0.397 e. The van der Waals surface area contributed by atoms with Crippen LogP contribution in [0.25, 0.3) is 0 Å². The Kier molecular flexibility index (Phi) is 4.49. The predicted molar refractivity (Wildman–Crippen MR) is 85.8 cm³/mol. The molecule has 0 spiro atoms. The predicted octanol–water partition coefficient (Wildman–Crippen LogP) is 4.14. The average molecular weight is 396 g/mol. The fourth-order valence-electron chi connectivity index (χ4n) is 1.46. The van der Waals surface area contributed by atoms with Gasteiger partial charge in [0.15, 0.2) is 0 Å². The molecular weight excluding hydrogens is 387 g/mol. The van der Waals surface area contributed by atoms with Crippen molar-refractivity contribution in [1.82, 2.24) is 0 Å². The number of hydrogen-bond acceptors (Lipinski definition) is 3. The highest BCUT2D eigenvalue weighted by Crippen LogP contribution is 2.29. The van der Waals surface area contributed by atoms with Gasteiger partial charge < -0.3 is 5.73 Å². The molecule has 0 amide bonds. The Morgan fingerprint density at radius 1 is 1.10 bits per heavy atom. The van der Waals surface area contributed by atoms with Crippen LogP contribution >= 0.6 is 39.1 Å². The first-order chi connectivity index (χ1) is 9.29. The van der Waals surface area contributed by atoms with Gasteiger partial charge in [-0.2, -0.15) is 0 Å². The molecule has 0 bridgehead atoms. The Hall–Kier alpha value is -0.950. The highest BCUT2D eigenvalue weighted by Gasteiger charge is 2.16. The van der Waals surface area contributed by atoms with Gasteiger partial charge in [-0.3, -0.25) is 4.72 Å². The van der Waals surface area contributed by atoms with Crippen LogP contribution in [0.3, 0.4) is 0 Å². The molecule has 0 aromatic heterocycles. The molecule has 0 heterocycles. The van der Waals surface area contributed by atoms with Crippen LogP contribution in [0.2, 0.25) is 10.0 Å². The zero-order valence-electron chi connectivity index (χ0n) is 9.90. The Balaban J connectivity index is 2.38. The van der Waals surface area contributed by atoms with E-state index >= 15 is 0 Å². The van der Waals surface area contributed by atoms with Gasteiger partial charge in [0, 0.05) is 9.50 Å². The quantitative estimate of drug-likeness (QED) is 0.767. The van der Waals surface area contributed by atoms with Gasteiger partial charge in [0.1, 0.15) is 0 Å². The van der Waals surface area contributed by atoms with Crippen molar-refractivity contribution in [1.29, 1.82) is 0 Å². The molecule has 0 aliphatic carbocycles. The standard InChI is InChI=1S/C12H9BrCl2N2O2S/c13-9-5-7(14)1-4-12(9)17-20(18,19)8-2-3-10(15)11(16)6-8/h1-6,17H,16H2. The van der Waals surface area contributed by atoms with Crippen molar-refractivity contribution in [2.24, 2.45) is 0 Å². The fraction of sp³-hybridized carbons (Fsp3) is 0. The molecule has 3 N–H and O–H groups in total. The van der Waals surface area contributed by atoms with Crippen molar-refractivity contribution in [3.8, 4) is 0 Å². The molecule has 0 radical (unpaired) electrons. The summed E-state index contributed by atoms with van der Waals surface area (Å²) >= 11 is 14.8. The van der Waals surface area contributed by atoms with Gasteiger partial charge in [-0.1, -0.05) is 23.2 Å². The normalized spacial score (nSPS) is 11.3. The molecule has 0 saturated heterocycles. The van der Waals surface area contributed by atoms with Crippen LogP contribution in [0.4, 0.5) is 11.4 Å². The summed E-state index contributed by atoms with van der Waals surface area (Å²) in [5.74, 6) is 0. The fourth-order valence-corrected chi connectivity index (χ4v) is 3.61. The molecule has 0 atom stereocenters. The molecule has 8 heteroatoms. The average Bonchev–Trinajstić information content (AvgIpc) is 2.36. The van der Waals surface area contributed by atoms with E-state index in [4.69, 9.17) is 28.9 Å². The Morgan fingerprint density at radius 3 is 2.40 bits per heavy atom. The smallest absolute Gasteiger partial charge is 0.262 e. The second-order valence-corrected chi connectivity index (χ2v) is 7.29. The summed E-state index contributed by atoms with van der Waals surface area (Å²) in [4.78, 5) is 0.0289. The van der Waals surface area contributed by atoms with Gasteiger partial charge >= 0.3 is 0 Å². The molecule has 0 unspecified atom stereocenters. The maximum absolute atomic E-state index is 12.2. The van der Waals surface area contributed by atoms with Crippen molar-refractivity contribution in [3.05, 3.63) is 50.9 Å². The molecule has 4 nitrogen and oxygen atoms in total. The van der Waals surface area contributed by atoms with Gasteiger partial charge in [0.05, 0.1) is 21.3 Å². The Bertz CT molecular complexity index is 766. The van der Waals surface area contributed by atoms with E-state index in [1.165, 1.54) is 18.2 Å². The summed E-state index contributed by atoms with van der Waals surface area (Å²) in [6.07, 6.45) is 0. The highest BCUT2D eigenvalue weighted by molar-refractivity contribution is 9.10. The minimum absolute atomic E-state index is 0.0289. The lowest BCUT2D eigenvalue weighted by molar-refractivity contribution is 0.601. The van der Waals surface area contributed by atoms with Crippen LogP contribution in [-0.2, 0) is 10.0 Å². The van der Waals surface area contributed by atoms with Crippen LogP contribution in [0.15, 0.2) is 45.8 Å². The van der Waals surface area contributed by atoms with Crippen molar-refractivity contribution < 1.29 is 8.42 Å². The summed E-state index contributed by atoms with van der Waals surface area (Å²) in [5, 5.41) is 0.798. The van der Waals surface area contributed by atoms with Gasteiger partial charge in [-0.25, -0.2) is 8.42 Å². The first-order valence-electron chi connectivity index (χ1n) is 5.32. The summed E-state index contributed by atoms with van der Waals surface area (Å²) in [5.41, 5.74) is 6.19. The molecule has 20 heavy (non-hydrogen) atoms. The van der Waals surface area contributed by atoms with Gasteiger partial charge in [-0.15, -0.1) is 0 Å². The van der Waals surface area contributed by atoms with Crippen molar-refractivity contribution in [2.45, 2.75) is 4.90 Å². The van der Waals surface area contributed by atoms with E-state index in [2.05, 4.69) is 20.7 Å². The lowest BCUT2D eigenvalue weighted by atomic mass is 10.3. The molecule has 2 rings (SSSR count). The zero-order valence-corrected chi connectivity index (χ0v) is 13.8. The topological polar surface area (TPSA) is 72.2 Å². The molecule has 0 fully saturated rings. The van der Waals surface area contributed by atoms with E-state index in [9.17, 15) is 8.42 Å². The first kappa shape index (κ1) is 15.4. The van der Waals surface area contributed by atoms with Crippen molar-refractivity contribution in [2.75, 3.05) is 10.5 Å². The number of anilines is 2. The number of halogens is 3. The first-order valence-corrected chi connectivity index (χ1v) is 8.36. The molecule has 106 valence electrons. The number of nitrogens with one attached hydrogen (secondary N) is 1. The number of hydrogen-bond donors (Lipinski definition) is 2. The Labute approximate surface area is 135 Å². The van der Waals surface area contributed by atoms with Crippen LogP contribution in [0, 0.1) is 0 Å². The van der Waals surface area contributed by atoms with Gasteiger partial charge in [-0.05, 0) is 52.3 Å². The number of sulfonamides is 1. The number of rotatable bonds is 3. The molecule has 2 aromatic carbocycles. The van der Waals surface area contributed by atoms with Crippen LogP contribution in [0.5, 0.6) is 0 Å². The molecular formula is C12H9BrCl2N2O2S. The number of nitrogen functional groups attached to an aromatic ring is 1. The number of benzene rings is 2. The molecule has 0 saturated carbocycles. The summed E-state index contributed by atoms with van der Waals surface area (Å²) in [6.45, 7) is 0. The van der Waals surface area contributed by atoms with Gasteiger partial charge in [0.2, 0.25) is 0 Å². The second kappa shape index (κ2) is 5.81. The maximum Gasteiger partial charge on any atom is 0.262 e. The van der Waals surface area contributed by atoms with Crippen LogP contribution in [0.1, 0.15) is 0 Å². The van der Waals surface area contributed by atoms with Gasteiger partial charge in [0.25, 0.3) is 10.0 Å².